The van der Waals surface area contributed by atoms with Crippen LogP contribution in [0.5, 0.6) is 5.75 Å². The summed E-state index contributed by atoms with van der Waals surface area (Å²) in [5, 5.41) is 0. The van der Waals surface area contributed by atoms with Crippen LogP contribution in [0.4, 0.5) is 0 Å². The van der Waals surface area contributed by atoms with Crippen LogP contribution in [0, 0.1) is 6.92 Å². The number of hydrogen-bond donors (Lipinski definition) is 0. The van der Waals surface area contributed by atoms with Gasteiger partial charge in [-0.25, -0.2) is 4.98 Å². The van der Waals surface area contributed by atoms with E-state index in [0.29, 0.717) is 0 Å². The zero-order valence-electron chi connectivity index (χ0n) is 13.7. The molecule has 0 atom stereocenters. The molecular formula is C21H18N2O. The highest BCUT2D eigenvalue weighted by Gasteiger charge is 2.07. The van der Waals surface area contributed by atoms with Crippen molar-refractivity contribution in [1.82, 2.24) is 9.38 Å². The number of hydrogen-bond acceptors (Lipinski definition) is 2. The highest BCUT2D eigenvalue weighted by atomic mass is 16.5. The number of aromatic nitrogens is 2. The van der Waals surface area contributed by atoms with Crippen molar-refractivity contribution in [2.45, 2.75) is 6.92 Å². The van der Waals surface area contributed by atoms with E-state index in [1.54, 1.807) is 7.11 Å². The van der Waals surface area contributed by atoms with Crippen molar-refractivity contribution in [3.05, 3.63) is 78.6 Å². The van der Waals surface area contributed by atoms with Gasteiger partial charge in [0.2, 0.25) is 0 Å². The van der Waals surface area contributed by atoms with Crippen molar-refractivity contribution < 1.29 is 4.74 Å². The molecular weight excluding hydrogens is 296 g/mol. The van der Waals surface area contributed by atoms with Crippen LogP contribution in [0.1, 0.15) is 5.56 Å². The molecule has 118 valence electrons. The number of imidazole rings is 1. The third-order valence-corrected chi connectivity index (χ3v) is 4.28. The maximum absolute atomic E-state index is 5.22. The average molecular weight is 314 g/mol. The summed E-state index contributed by atoms with van der Waals surface area (Å²) in [4.78, 5) is 4.58. The lowest BCUT2D eigenvalue weighted by atomic mass is 10.1. The molecule has 0 aliphatic rings. The van der Waals surface area contributed by atoms with Crippen molar-refractivity contribution in [3.8, 4) is 28.1 Å². The van der Waals surface area contributed by atoms with Gasteiger partial charge in [0, 0.05) is 11.8 Å². The van der Waals surface area contributed by atoms with Crippen LogP contribution >= 0.6 is 0 Å². The summed E-state index contributed by atoms with van der Waals surface area (Å²) < 4.78 is 7.34. The number of benzene rings is 2. The first-order valence-corrected chi connectivity index (χ1v) is 7.93. The molecule has 0 unspecified atom stereocenters. The summed E-state index contributed by atoms with van der Waals surface area (Å²) in [7, 11) is 1.68. The van der Waals surface area contributed by atoms with E-state index in [9.17, 15) is 0 Å². The Morgan fingerprint density at radius 1 is 0.833 bits per heavy atom. The Kier molecular flexibility index (Phi) is 3.54. The van der Waals surface area contributed by atoms with Gasteiger partial charge in [-0.15, -0.1) is 0 Å². The van der Waals surface area contributed by atoms with Gasteiger partial charge in [-0.1, -0.05) is 42.0 Å². The summed E-state index contributed by atoms with van der Waals surface area (Å²) in [6, 6.07) is 20.8. The molecule has 24 heavy (non-hydrogen) atoms. The van der Waals surface area contributed by atoms with Crippen molar-refractivity contribution in [3.63, 3.8) is 0 Å². The second-order valence-corrected chi connectivity index (χ2v) is 5.88. The largest absolute Gasteiger partial charge is 0.497 e. The Morgan fingerprint density at radius 3 is 2.25 bits per heavy atom. The zero-order chi connectivity index (χ0) is 16.5. The molecule has 4 aromatic rings. The molecule has 0 bridgehead atoms. The normalized spacial score (nSPS) is 10.9. The minimum Gasteiger partial charge on any atom is -0.497 e. The highest BCUT2D eigenvalue weighted by molar-refractivity contribution is 5.71. The van der Waals surface area contributed by atoms with Crippen molar-refractivity contribution in [1.29, 1.82) is 0 Å². The molecule has 0 radical (unpaired) electrons. The van der Waals surface area contributed by atoms with Gasteiger partial charge < -0.3 is 4.74 Å². The molecule has 2 aromatic carbocycles. The standard InChI is InChI=1S/C21H18N2O/c1-15-3-5-17(6-4-15)20-14-22-21-13-18(11-12-23(20)21)16-7-9-19(24-2)10-8-16/h3-14H,1-2H3. The topological polar surface area (TPSA) is 26.5 Å². The van der Waals surface area contributed by atoms with Gasteiger partial charge in [-0.3, -0.25) is 4.40 Å². The molecule has 2 aromatic heterocycles. The molecule has 4 rings (SSSR count). The first-order chi connectivity index (χ1) is 11.7. The van der Waals surface area contributed by atoms with Gasteiger partial charge in [0.1, 0.15) is 11.4 Å². The molecule has 0 saturated heterocycles. The number of ether oxygens (including phenoxy) is 1. The van der Waals surface area contributed by atoms with Crippen LogP contribution in [0.15, 0.2) is 73.1 Å². The zero-order valence-corrected chi connectivity index (χ0v) is 13.7. The fourth-order valence-corrected chi connectivity index (χ4v) is 2.88. The molecule has 0 spiro atoms. The third-order valence-electron chi connectivity index (χ3n) is 4.28. The maximum Gasteiger partial charge on any atom is 0.137 e. The number of nitrogens with zero attached hydrogens (tertiary/aromatic N) is 2. The Hall–Kier alpha value is -3.07. The van der Waals surface area contributed by atoms with Gasteiger partial charge in [-0.05, 0) is 42.3 Å². The Balaban J connectivity index is 1.75. The summed E-state index contributed by atoms with van der Waals surface area (Å²) in [5.41, 5.74) is 6.77. The Labute approximate surface area is 141 Å². The molecule has 0 aliphatic carbocycles. The summed E-state index contributed by atoms with van der Waals surface area (Å²) in [5.74, 6) is 0.863. The molecule has 0 N–H and O–H groups in total. The fraction of sp³-hybridized carbons (Fsp3) is 0.0952. The predicted octanol–water partition coefficient (Wildman–Crippen LogP) is 4.99. The van der Waals surface area contributed by atoms with Crippen LogP contribution in [0.3, 0.4) is 0 Å². The van der Waals surface area contributed by atoms with E-state index in [1.165, 1.54) is 11.1 Å². The Bertz CT molecular complexity index is 983. The molecule has 0 aliphatic heterocycles. The van der Waals surface area contributed by atoms with Crippen LogP contribution in [0.25, 0.3) is 28.0 Å². The monoisotopic (exact) mass is 314 g/mol. The molecule has 0 amide bonds. The van der Waals surface area contributed by atoms with Crippen LogP contribution < -0.4 is 4.74 Å². The van der Waals surface area contributed by atoms with E-state index in [-0.39, 0.29) is 0 Å². The first-order valence-electron chi connectivity index (χ1n) is 7.93. The maximum atomic E-state index is 5.22. The Morgan fingerprint density at radius 2 is 1.54 bits per heavy atom. The lowest BCUT2D eigenvalue weighted by Gasteiger charge is -2.06. The number of pyridine rings is 1. The molecule has 3 heteroatoms. The second-order valence-electron chi connectivity index (χ2n) is 5.88. The van der Waals surface area contributed by atoms with Crippen LogP contribution in [-0.2, 0) is 0 Å². The van der Waals surface area contributed by atoms with Crippen LogP contribution in [-0.4, -0.2) is 16.5 Å². The number of rotatable bonds is 3. The lowest BCUT2D eigenvalue weighted by molar-refractivity contribution is 0.415. The van der Waals surface area contributed by atoms with Gasteiger partial charge in [0.15, 0.2) is 0 Å². The number of aryl methyl sites for hydroxylation is 1. The fourth-order valence-electron chi connectivity index (χ4n) is 2.88. The van der Waals surface area contributed by atoms with E-state index in [0.717, 1.165) is 28.2 Å². The predicted molar refractivity (Wildman–Crippen MR) is 97.4 cm³/mol. The summed E-state index contributed by atoms with van der Waals surface area (Å²) in [6.45, 7) is 2.10. The third kappa shape index (κ3) is 2.54. The van der Waals surface area contributed by atoms with Gasteiger partial charge in [0.05, 0.1) is 19.0 Å². The van der Waals surface area contributed by atoms with Gasteiger partial charge in [-0.2, -0.15) is 0 Å². The minimum absolute atomic E-state index is 0.863. The molecule has 3 nitrogen and oxygen atoms in total. The SMILES string of the molecule is COc1ccc(-c2ccn3c(-c4ccc(C)cc4)cnc3c2)cc1. The first kappa shape index (κ1) is 14.5. The minimum atomic E-state index is 0.863. The summed E-state index contributed by atoms with van der Waals surface area (Å²) >= 11 is 0. The van der Waals surface area contributed by atoms with E-state index < -0.39 is 0 Å². The van der Waals surface area contributed by atoms with Crippen molar-refractivity contribution >= 4 is 5.65 Å². The summed E-state index contributed by atoms with van der Waals surface area (Å²) in [6.07, 6.45) is 4.01. The molecule has 0 saturated carbocycles. The van der Waals surface area contributed by atoms with Crippen molar-refractivity contribution in [2.75, 3.05) is 7.11 Å². The second kappa shape index (κ2) is 5.85. The van der Waals surface area contributed by atoms with E-state index in [2.05, 4.69) is 71.0 Å². The van der Waals surface area contributed by atoms with E-state index in [1.807, 2.05) is 18.3 Å². The molecule has 2 heterocycles. The average Bonchev–Trinajstić information content (AvgIpc) is 3.05. The lowest BCUT2D eigenvalue weighted by Crippen LogP contribution is -1.89. The van der Waals surface area contributed by atoms with Gasteiger partial charge >= 0.3 is 0 Å². The van der Waals surface area contributed by atoms with Crippen molar-refractivity contribution in [2.24, 2.45) is 0 Å². The quantitative estimate of drug-likeness (QED) is 0.533. The smallest absolute Gasteiger partial charge is 0.137 e. The van der Waals surface area contributed by atoms with Gasteiger partial charge in [0.25, 0.3) is 0 Å². The number of methoxy groups -OCH3 is 1. The highest BCUT2D eigenvalue weighted by Crippen LogP contribution is 2.26. The molecule has 0 fully saturated rings. The van der Waals surface area contributed by atoms with E-state index in [4.69, 9.17) is 4.74 Å². The number of fused-ring (bicyclic) bond motifs is 1. The van der Waals surface area contributed by atoms with E-state index >= 15 is 0 Å². The van der Waals surface area contributed by atoms with Crippen LogP contribution in [0.2, 0.25) is 0 Å².